The van der Waals surface area contributed by atoms with Gasteiger partial charge in [-0.2, -0.15) is 5.10 Å². The third-order valence-corrected chi connectivity index (χ3v) is 2.19. The zero-order chi connectivity index (χ0) is 10.6. The van der Waals surface area contributed by atoms with E-state index in [0.29, 0.717) is 13.0 Å². The number of hydrogen-bond acceptors (Lipinski definition) is 3. The molecule has 0 radical (unpaired) electrons. The van der Waals surface area contributed by atoms with E-state index < -0.39 is 6.10 Å². The number of aliphatic hydroxyl groups excluding tert-OH is 1. The summed E-state index contributed by atoms with van der Waals surface area (Å²) in [6, 6.07) is 2.03. The van der Waals surface area contributed by atoms with Crippen molar-refractivity contribution in [1.82, 2.24) is 9.78 Å². The van der Waals surface area contributed by atoms with Gasteiger partial charge in [0.05, 0.1) is 18.4 Å². The van der Waals surface area contributed by atoms with Gasteiger partial charge in [0.2, 0.25) is 0 Å². The zero-order valence-corrected chi connectivity index (χ0v) is 9.03. The summed E-state index contributed by atoms with van der Waals surface area (Å²) in [6.07, 6.45) is 1.08. The Bertz CT molecular complexity index is 284. The van der Waals surface area contributed by atoms with Crippen molar-refractivity contribution in [2.24, 2.45) is 7.05 Å². The summed E-state index contributed by atoms with van der Waals surface area (Å²) in [4.78, 5) is 0. The van der Waals surface area contributed by atoms with Gasteiger partial charge in [0.1, 0.15) is 0 Å². The Labute approximate surface area is 84.5 Å². The monoisotopic (exact) mass is 198 g/mol. The molecule has 0 bridgehead atoms. The van der Waals surface area contributed by atoms with Gasteiger partial charge >= 0.3 is 0 Å². The molecule has 0 aliphatic rings. The molecular formula is C10H18N2O2. The van der Waals surface area contributed by atoms with Crippen LogP contribution in [0.15, 0.2) is 6.07 Å². The molecule has 4 heteroatoms. The summed E-state index contributed by atoms with van der Waals surface area (Å²) in [5.74, 6) is 0. The Balaban J connectivity index is 2.61. The van der Waals surface area contributed by atoms with Crippen LogP contribution in [0.1, 0.15) is 18.3 Å². The van der Waals surface area contributed by atoms with E-state index in [1.54, 1.807) is 7.11 Å². The van der Waals surface area contributed by atoms with Crippen LogP contribution in [0, 0.1) is 0 Å². The van der Waals surface area contributed by atoms with E-state index in [4.69, 9.17) is 4.74 Å². The molecule has 1 aromatic rings. The minimum absolute atomic E-state index is 0.368. The van der Waals surface area contributed by atoms with Gasteiger partial charge in [-0.05, 0) is 12.5 Å². The third-order valence-electron chi connectivity index (χ3n) is 2.19. The number of aromatic nitrogens is 2. The predicted molar refractivity (Wildman–Crippen MR) is 54.2 cm³/mol. The Morgan fingerprint density at radius 3 is 2.86 bits per heavy atom. The summed E-state index contributed by atoms with van der Waals surface area (Å²) in [7, 11) is 3.48. The number of nitrogens with zero attached hydrogens (tertiary/aromatic N) is 2. The van der Waals surface area contributed by atoms with E-state index in [0.717, 1.165) is 17.8 Å². The minimum atomic E-state index is -0.444. The quantitative estimate of drug-likeness (QED) is 0.751. The molecule has 1 rings (SSSR count). The molecule has 0 aliphatic carbocycles. The smallest absolute Gasteiger partial charge is 0.0828 e. The van der Waals surface area contributed by atoms with E-state index >= 15 is 0 Å². The van der Waals surface area contributed by atoms with Crippen LogP contribution < -0.4 is 0 Å². The molecular weight excluding hydrogens is 180 g/mol. The van der Waals surface area contributed by atoms with Crippen LogP contribution in [0.4, 0.5) is 0 Å². The van der Waals surface area contributed by atoms with Gasteiger partial charge in [-0.15, -0.1) is 0 Å². The number of aryl methyl sites for hydroxylation is 2. The molecule has 80 valence electrons. The van der Waals surface area contributed by atoms with Crippen LogP contribution in [-0.2, 0) is 24.6 Å². The Hall–Kier alpha value is -0.870. The standard InChI is InChI=1S/C10H18N2O2/c1-4-8-5-9(12(2)11-8)6-10(13)7-14-3/h5,10,13H,4,6-7H2,1-3H3. The summed E-state index contributed by atoms with van der Waals surface area (Å²) in [6.45, 7) is 2.43. The Morgan fingerprint density at radius 2 is 2.36 bits per heavy atom. The maximum absolute atomic E-state index is 9.54. The van der Waals surface area contributed by atoms with Gasteiger partial charge in [-0.3, -0.25) is 4.68 Å². The summed E-state index contributed by atoms with van der Waals surface area (Å²) in [5, 5.41) is 13.8. The average molecular weight is 198 g/mol. The molecule has 1 N–H and O–H groups in total. The SMILES string of the molecule is CCc1cc(CC(O)COC)n(C)n1. The highest BCUT2D eigenvalue weighted by Crippen LogP contribution is 2.06. The Kier molecular flexibility index (Phi) is 4.10. The maximum Gasteiger partial charge on any atom is 0.0828 e. The maximum atomic E-state index is 9.54. The second kappa shape index (κ2) is 5.12. The molecule has 1 aromatic heterocycles. The van der Waals surface area contributed by atoms with Crippen LogP contribution in [0.25, 0.3) is 0 Å². The number of methoxy groups -OCH3 is 1. The van der Waals surface area contributed by atoms with E-state index in [1.165, 1.54) is 0 Å². The van der Waals surface area contributed by atoms with Crippen LogP contribution in [0.2, 0.25) is 0 Å². The topological polar surface area (TPSA) is 47.3 Å². The molecule has 0 aromatic carbocycles. The largest absolute Gasteiger partial charge is 0.390 e. The van der Waals surface area contributed by atoms with Crippen LogP contribution >= 0.6 is 0 Å². The fraction of sp³-hybridized carbons (Fsp3) is 0.700. The zero-order valence-electron chi connectivity index (χ0n) is 9.03. The van der Waals surface area contributed by atoms with Crippen molar-refractivity contribution in [2.75, 3.05) is 13.7 Å². The van der Waals surface area contributed by atoms with E-state index in [1.807, 2.05) is 17.8 Å². The lowest BCUT2D eigenvalue weighted by Crippen LogP contribution is -2.18. The highest BCUT2D eigenvalue weighted by Gasteiger charge is 2.09. The highest BCUT2D eigenvalue weighted by atomic mass is 16.5. The minimum Gasteiger partial charge on any atom is -0.390 e. The van der Waals surface area contributed by atoms with Crippen molar-refractivity contribution in [3.8, 4) is 0 Å². The summed E-state index contributed by atoms with van der Waals surface area (Å²) in [5.41, 5.74) is 2.11. The second-order valence-electron chi connectivity index (χ2n) is 3.42. The predicted octanol–water partition coefficient (Wildman–Crippen LogP) is 0.532. The molecule has 4 nitrogen and oxygen atoms in total. The molecule has 1 heterocycles. The first-order valence-corrected chi connectivity index (χ1v) is 4.86. The number of ether oxygens (including phenoxy) is 1. The highest BCUT2D eigenvalue weighted by molar-refractivity contribution is 5.11. The first kappa shape index (κ1) is 11.2. The van der Waals surface area contributed by atoms with Gasteiger partial charge < -0.3 is 9.84 Å². The number of hydrogen-bond donors (Lipinski definition) is 1. The van der Waals surface area contributed by atoms with Crippen molar-refractivity contribution < 1.29 is 9.84 Å². The Morgan fingerprint density at radius 1 is 1.64 bits per heavy atom. The van der Waals surface area contributed by atoms with E-state index in [9.17, 15) is 5.11 Å². The summed E-state index contributed by atoms with van der Waals surface area (Å²) < 4.78 is 6.69. The first-order chi connectivity index (χ1) is 6.67. The molecule has 0 saturated heterocycles. The lowest BCUT2D eigenvalue weighted by Gasteiger charge is -2.08. The third kappa shape index (κ3) is 2.82. The lowest BCUT2D eigenvalue weighted by molar-refractivity contribution is 0.0639. The van der Waals surface area contributed by atoms with Crippen molar-refractivity contribution in [3.05, 3.63) is 17.5 Å². The number of aliphatic hydroxyl groups is 1. The molecule has 1 unspecified atom stereocenters. The lowest BCUT2D eigenvalue weighted by atomic mass is 10.2. The van der Waals surface area contributed by atoms with Crippen molar-refractivity contribution in [3.63, 3.8) is 0 Å². The van der Waals surface area contributed by atoms with E-state index in [-0.39, 0.29) is 0 Å². The molecule has 0 aliphatic heterocycles. The van der Waals surface area contributed by atoms with Gasteiger partial charge in [0.15, 0.2) is 0 Å². The number of rotatable bonds is 5. The fourth-order valence-corrected chi connectivity index (χ4v) is 1.43. The van der Waals surface area contributed by atoms with Crippen LogP contribution in [0.3, 0.4) is 0 Å². The normalized spacial score (nSPS) is 13.1. The van der Waals surface area contributed by atoms with Crippen molar-refractivity contribution >= 4 is 0 Å². The fourth-order valence-electron chi connectivity index (χ4n) is 1.43. The van der Waals surface area contributed by atoms with Gasteiger partial charge in [-0.1, -0.05) is 6.92 Å². The molecule has 1 atom stereocenters. The van der Waals surface area contributed by atoms with Crippen molar-refractivity contribution in [2.45, 2.75) is 25.9 Å². The summed E-state index contributed by atoms with van der Waals surface area (Å²) >= 11 is 0. The van der Waals surface area contributed by atoms with Crippen LogP contribution in [0.5, 0.6) is 0 Å². The molecule has 14 heavy (non-hydrogen) atoms. The van der Waals surface area contributed by atoms with E-state index in [2.05, 4.69) is 12.0 Å². The van der Waals surface area contributed by atoms with Gasteiger partial charge in [0.25, 0.3) is 0 Å². The molecule has 0 spiro atoms. The van der Waals surface area contributed by atoms with Crippen LogP contribution in [-0.4, -0.2) is 34.7 Å². The molecule has 0 saturated carbocycles. The van der Waals surface area contributed by atoms with Gasteiger partial charge in [-0.25, -0.2) is 0 Å². The average Bonchev–Trinajstić information content (AvgIpc) is 2.48. The second-order valence-corrected chi connectivity index (χ2v) is 3.42. The molecule has 0 fully saturated rings. The molecule has 0 amide bonds. The first-order valence-electron chi connectivity index (χ1n) is 4.86. The van der Waals surface area contributed by atoms with Gasteiger partial charge in [0, 0.05) is 26.3 Å². The van der Waals surface area contributed by atoms with Crippen molar-refractivity contribution in [1.29, 1.82) is 0 Å².